The quantitative estimate of drug-likeness (QED) is 0.334. The minimum atomic E-state index is 0.141. The number of aryl methyl sites for hydroxylation is 1. The number of fused-ring (bicyclic) bond motifs is 1. The maximum atomic E-state index is 13.3. The molecule has 1 aromatic carbocycles. The first-order chi connectivity index (χ1) is 18.1. The van der Waals surface area contributed by atoms with E-state index in [1.54, 1.807) is 13.3 Å². The van der Waals surface area contributed by atoms with E-state index in [0.717, 1.165) is 70.7 Å². The summed E-state index contributed by atoms with van der Waals surface area (Å²) in [6, 6.07) is 10.1. The third kappa shape index (κ3) is 4.88. The fourth-order valence-corrected chi connectivity index (χ4v) is 5.26. The number of hydrogen-bond acceptors (Lipinski definition) is 7. The lowest BCUT2D eigenvalue weighted by atomic mass is 10.00. The number of aromatic nitrogens is 4. The smallest absolute Gasteiger partial charge is 0.171 e. The molecule has 8 heteroatoms. The summed E-state index contributed by atoms with van der Waals surface area (Å²) in [4.78, 5) is 24.5. The van der Waals surface area contributed by atoms with Crippen molar-refractivity contribution in [3.8, 4) is 5.75 Å². The van der Waals surface area contributed by atoms with Gasteiger partial charge in [0, 0.05) is 49.4 Å². The van der Waals surface area contributed by atoms with Crippen LogP contribution in [0.2, 0.25) is 0 Å². The first-order valence-electron chi connectivity index (χ1n) is 13.1. The number of nitrogens with two attached hydrogens (primary N) is 1. The van der Waals surface area contributed by atoms with Crippen LogP contribution in [0.3, 0.4) is 0 Å². The van der Waals surface area contributed by atoms with Crippen LogP contribution in [0, 0.1) is 0 Å². The van der Waals surface area contributed by atoms with Crippen LogP contribution in [-0.4, -0.2) is 45.7 Å². The van der Waals surface area contributed by atoms with Crippen molar-refractivity contribution in [3.05, 3.63) is 71.3 Å². The summed E-state index contributed by atoms with van der Waals surface area (Å²) in [5.41, 5.74) is 9.79. The lowest BCUT2D eigenvalue weighted by Crippen LogP contribution is -2.20. The molecule has 1 saturated carbocycles. The molecule has 4 heterocycles. The number of methoxy groups -OCH3 is 1. The highest BCUT2D eigenvalue weighted by Crippen LogP contribution is 2.41. The Morgan fingerprint density at radius 3 is 2.73 bits per heavy atom. The van der Waals surface area contributed by atoms with Crippen molar-refractivity contribution >= 4 is 28.2 Å². The van der Waals surface area contributed by atoms with E-state index < -0.39 is 0 Å². The number of carbonyl (C=O) groups excluding carboxylic acids is 1. The molecule has 0 bridgehead atoms. The zero-order valence-corrected chi connectivity index (χ0v) is 21.2. The highest BCUT2D eigenvalue weighted by atomic mass is 16.5. The normalized spacial score (nSPS) is 15.4. The minimum Gasteiger partial charge on any atom is -0.493 e. The van der Waals surface area contributed by atoms with Crippen molar-refractivity contribution < 1.29 is 9.53 Å². The van der Waals surface area contributed by atoms with E-state index in [9.17, 15) is 4.79 Å². The van der Waals surface area contributed by atoms with E-state index in [-0.39, 0.29) is 5.78 Å². The predicted octanol–water partition coefficient (Wildman–Crippen LogP) is 4.76. The molecule has 3 aromatic heterocycles. The molecule has 2 fully saturated rings. The van der Waals surface area contributed by atoms with Crippen LogP contribution in [0.15, 0.2) is 48.9 Å². The van der Waals surface area contributed by atoms with E-state index in [1.165, 1.54) is 12.8 Å². The Balaban J connectivity index is 1.18. The molecule has 2 N–H and O–H groups in total. The monoisotopic (exact) mass is 496 g/mol. The van der Waals surface area contributed by atoms with Gasteiger partial charge in [0.05, 0.1) is 24.9 Å². The summed E-state index contributed by atoms with van der Waals surface area (Å²) in [6.45, 7) is 2.59. The number of rotatable bonds is 9. The molecule has 2 aliphatic rings. The molecular weight excluding hydrogens is 464 g/mol. The summed E-state index contributed by atoms with van der Waals surface area (Å²) in [5.74, 6) is 2.76. The molecule has 0 spiro atoms. The zero-order valence-electron chi connectivity index (χ0n) is 21.2. The van der Waals surface area contributed by atoms with Crippen LogP contribution >= 0.6 is 0 Å². The highest BCUT2D eigenvalue weighted by Gasteiger charge is 2.31. The van der Waals surface area contributed by atoms with Crippen molar-refractivity contribution in [2.75, 3.05) is 30.8 Å². The largest absolute Gasteiger partial charge is 0.493 e. The zero-order chi connectivity index (χ0) is 25.4. The van der Waals surface area contributed by atoms with Crippen LogP contribution in [0.1, 0.15) is 65.2 Å². The summed E-state index contributed by atoms with van der Waals surface area (Å²) in [7, 11) is 1.69. The molecule has 37 heavy (non-hydrogen) atoms. The average Bonchev–Trinajstić information content (AvgIpc) is 3.44. The van der Waals surface area contributed by atoms with E-state index in [4.69, 9.17) is 20.6 Å². The summed E-state index contributed by atoms with van der Waals surface area (Å²) >= 11 is 0. The van der Waals surface area contributed by atoms with Gasteiger partial charge in [0.1, 0.15) is 5.82 Å². The summed E-state index contributed by atoms with van der Waals surface area (Å²) in [6.07, 6.45) is 11.2. The number of hydrogen-bond donors (Lipinski definition) is 1. The van der Waals surface area contributed by atoms with Crippen LogP contribution < -0.4 is 15.4 Å². The molecule has 0 amide bonds. The topological polar surface area (TPSA) is 99.2 Å². The van der Waals surface area contributed by atoms with E-state index in [0.29, 0.717) is 31.1 Å². The number of nitrogen functional groups attached to an aromatic ring is 1. The number of carbonyl (C=O) groups is 1. The molecule has 0 unspecified atom stereocenters. The van der Waals surface area contributed by atoms with Gasteiger partial charge in [-0.25, -0.2) is 9.97 Å². The molecular formula is C29H32N6O2. The van der Waals surface area contributed by atoms with Crippen molar-refractivity contribution in [2.24, 2.45) is 0 Å². The van der Waals surface area contributed by atoms with Crippen LogP contribution in [-0.2, 0) is 13.0 Å². The molecule has 0 radical (unpaired) electrons. The van der Waals surface area contributed by atoms with Crippen molar-refractivity contribution in [2.45, 2.75) is 51.0 Å². The Labute approximate surface area is 216 Å². The Morgan fingerprint density at radius 2 is 1.95 bits per heavy atom. The molecule has 0 atom stereocenters. The van der Waals surface area contributed by atoms with E-state index >= 15 is 0 Å². The maximum Gasteiger partial charge on any atom is 0.171 e. The van der Waals surface area contributed by atoms with Gasteiger partial charge in [0.25, 0.3) is 0 Å². The Bertz CT molecular complexity index is 1450. The predicted molar refractivity (Wildman–Crippen MR) is 144 cm³/mol. The van der Waals surface area contributed by atoms with Gasteiger partial charge in [-0.2, -0.15) is 5.10 Å². The Hall–Kier alpha value is -3.94. The number of Topliss-reactive ketones (excluding diaryl/α,β-unsaturated/α-hetero) is 1. The maximum absolute atomic E-state index is 13.3. The second kappa shape index (κ2) is 9.84. The molecule has 1 saturated heterocycles. The van der Waals surface area contributed by atoms with E-state index in [1.807, 2.05) is 41.3 Å². The second-order valence-electron chi connectivity index (χ2n) is 10.1. The third-order valence-corrected chi connectivity index (χ3v) is 7.41. The van der Waals surface area contributed by atoms with Gasteiger partial charge in [-0.1, -0.05) is 18.2 Å². The second-order valence-corrected chi connectivity index (χ2v) is 10.1. The van der Waals surface area contributed by atoms with Crippen molar-refractivity contribution in [3.63, 3.8) is 0 Å². The van der Waals surface area contributed by atoms with Gasteiger partial charge < -0.3 is 15.4 Å². The lowest BCUT2D eigenvalue weighted by molar-refractivity contribution is 0.0982. The molecule has 8 nitrogen and oxygen atoms in total. The molecule has 1 aliphatic heterocycles. The number of benzene rings is 1. The summed E-state index contributed by atoms with van der Waals surface area (Å²) in [5, 5.41) is 6.83. The number of anilines is 2. The molecule has 1 aliphatic carbocycles. The Morgan fingerprint density at radius 1 is 1.11 bits per heavy atom. The standard InChI is InChI=1S/C29H32N6O2/c1-37-26-15-20(16-32-29(26)34-12-2-3-13-34)17-35-18-24(27(33-35)21-6-7-21)25(36)9-5-19-4-8-23-22(14-19)10-11-31-28(23)30/h4,8,10-11,14-16,18,21H,2-3,5-7,9,12-13,17H2,1H3,(H2,30,31). The van der Waals surface area contributed by atoms with Crippen LogP contribution in [0.4, 0.5) is 11.6 Å². The Kier molecular flexibility index (Phi) is 6.24. The van der Waals surface area contributed by atoms with Gasteiger partial charge >= 0.3 is 0 Å². The molecule has 4 aromatic rings. The lowest BCUT2D eigenvalue weighted by Gasteiger charge is -2.19. The number of ketones is 1. The van der Waals surface area contributed by atoms with Crippen molar-refractivity contribution in [1.82, 2.24) is 19.7 Å². The molecule has 190 valence electrons. The van der Waals surface area contributed by atoms with Crippen LogP contribution in [0.25, 0.3) is 10.8 Å². The number of pyridine rings is 2. The van der Waals surface area contributed by atoms with Gasteiger partial charge in [-0.3, -0.25) is 9.48 Å². The SMILES string of the molecule is COc1cc(Cn2cc(C(=O)CCc3ccc4c(N)nccc4c3)c(C3CC3)n2)cnc1N1CCCC1. The van der Waals surface area contributed by atoms with Gasteiger partial charge in [-0.15, -0.1) is 0 Å². The third-order valence-electron chi connectivity index (χ3n) is 7.41. The number of nitrogens with zero attached hydrogens (tertiary/aromatic N) is 5. The van der Waals surface area contributed by atoms with Gasteiger partial charge in [0.2, 0.25) is 0 Å². The first-order valence-corrected chi connectivity index (χ1v) is 13.1. The average molecular weight is 497 g/mol. The minimum absolute atomic E-state index is 0.141. The van der Waals surface area contributed by atoms with Crippen molar-refractivity contribution in [1.29, 1.82) is 0 Å². The van der Waals surface area contributed by atoms with E-state index in [2.05, 4.69) is 16.0 Å². The summed E-state index contributed by atoms with van der Waals surface area (Å²) < 4.78 is 7.55. The van der Waals surface area contributed by atoms with Crippen LogP contribution in [0.5, 0.6) is 5.75 Å². The first kappa shape index (κ1) is 23.5. The fourth-order valence-electron chi connectivity index (χ4n) is 5.26. The molecule has 6 rings (SSSR count). The van der Waals surface area contributed by atoms with Gasteiger partial charge in [-0.05, 0) is 60.7 Å². The van der Waals surface area contributed by atoms with Gasteiger partial charge in [0.15, 0.2) is 17.4 Å². The highest BCUT2D eigenvalue weighted by molar-refractivity contribution is 5.97. The number of ether oxygens (including phenoxy) is 1. The fraction of sp³-hybridized carbons (Fsp3) is 0.379.